The van der Waals surface area contributed by atoms with Gasteiger partial charge in [-0.2, -0.15) is 0 Å². The number of nitrogens with one attached hydrogen (secondary N) is 1. The maximum absolute atomic E-state index is 13.6. The Labute approximate surface area is 213 Å². The molecule has 8 heteroatoms. The van der Waals surface area contributed by atoms with Crippen LogP contribution in [0.1, 0.15) is 32.7 Å². The molecule has 0 unspecified atom stereocenters. The van der Waals surface area contributed by atoms with Gasteiger partial charge in [-0.1, -0.05) is 47.5 Å². The molecular weight excluding hydrogens is 485 g/mol. The third-order valence-corrected chi connectivity index (χ3v) is 6.49. The van der Waals surface area contributed by atoms with E-state index in [1.165, 1.54) is 7.11 Å². The Morgan fingerprint density at radius 2 is 1.86 bits per heavy atom. The molecule has 0 bridgehead atoms. The fourth-order valence-corrected chi connectivity index (χ4v) is 4.57. The van der Waals surface area contributed by atoms with Gasteiger partial charge in [-0.25, -0.2) is 0 Å². The van der Waals surface area contributed by atoms with Gasteiger partial charge in [0.25, 0.3) is 11.8 Å². The first-order valence-corrected chi connectivity index (χ1v) is 11.7. The van der Waals surface area contributed by atoms with Gasteiger partial charge in [-0.3, -0.25) is 14.5 Å². The van der Waals surface area contributed by atoms with Crippen molar-refractivity contribution in [3.8, 4) is 5.75 Å². The summed E-state index contributed by atoms with van der Waals surface area (Å²) < 4.78 is 5.26. The van der Waals surface area contributed by atoms with Crippen molar-refractivity contribution in [1.29, 1.82) is 0 Å². The molecule has 0 aliphatic carbocycles. The molecule has 2 amide bonds. The first-order chi connectivity index (χ1) is 16.9. The Balaban J connectivity index is 1.42. The van der Waals surface area contributed by atoms with Crippen LogP contribution < -0.4 is 15.0 Å². The van der Waals surface area contributed by atoms with Gasteiger partial charge in [0.05, 0.1) is 29.1 Å². The number of rotatable bonds is 4. The lowest BCUT2D eigenvalue weighted by Gasteiger charge is -2.20. The van der Waals surface area contributed by atoms with Crippen molar-refractivity contribution >= 4 is 46.4 Å². The molecule has 2 aliphatic rings. The molecular formula is C27H21Cl2N3O3. The topological polar surface area (TPSA) is 61.9 Å². The Hall–Kier alpha value is -3.74. The molecule has 3 aromatic rings. The van der Waals surface area contributed by atoms with E-state index in [9.17, 15) is 9.59 Å². The number of fused-ring (bicyclic) bond motifs is 2. The monoisotopic (exact) mass is 505 g/mol. The van der Waals surface area contributed by atoms with Gasteiger partial charge < -0.3 is 15.0 Å². The van der Waals surface area contributed by atoms with E-state index < -0.39 is 5.91 Å². The molecule has 2 heterocycles. The van der Waals surface area contributed by atoms with E-state index in [1.54, 1.807) is 41.3 Å². The number of carbonyl (C=O) groups is 2. The highest BCUT2D eigenvalue weighted by molar-refractivity contribution is 6.34. The summed E-state index contributed by atoms with van der Waals surface area (Å²) in [6.45, 7) is 0.697. The number of amides is 2. The zero-order valence-corrected chi connectivity index (χ0v) is 20.3. The highest BCUT2D eigenvalue weighted by Crippen LogP contribution is 2.34. The number of methoxy groups -OCH3 is 1. The predicted molar refractivity (Wildman–Crippen MR) is 138 cm³/mol. The maximum atomic E-state index is 13.6. The number of nitrogens with zero attached hydrogens (tertiary/aromatic N) is 2. The number of allylic oxidation sites excluding steroid dienone is 1. The molecule has 0 radical (unpaired) electrons. The molecule has 0 saturated heterocycles. The number of benzene rings is 3. The Bertz CT molecular complexity index is 1400. The van der Waals surface area contributed by atoms with Gasteiger partial charge in [0.1, 0.15) is 5.75 Å². The van der Waals surface area contributed by atoms with Crippen molar-refractivity contribution < 1.29 is 14.3 Å². The van der Waals surface area contributed by atoms with E-state index in [-0.39, 0.29) is 10.9 Å². The summed E-state index contributed by atoms with van der Waals surface area (Å²) in [5.41, 5.74) is 4.02. The molecule has 0 spiro atoms. The van der Waals surface area contributed by atoms with E-state index >= 15 is 0 Å². The van der Waals surface area contributed by atoms with Crippen LogP contribution in [0.15, 0.2) is 84.8 Å². The largest absolute Gasteiger partial charge is 0.496 e. The average molecular weight is 506 g/mol. The van der Waals surface area contributed by atoms with Crippen LogP contribution in [0.2, 0.25) is 10.0 Å². The summed E-state index contributed by atoms with van der Waals surface area (Å²) in [6, 6.07) is 17.4. The second kappa shape index (κ2) is 9.49. The van der Waals surface area contributed by atoms with Crippen molar-refractivity contribution in [2.45, 2.75) is 13.0 Å². The van der Waals surface area contributed by atoms with Gasteiger partial charge in [-0.05, 0) is 48.0 Å². The summed E-state index contributed by atoms with van der Waals surface area (Å²) in [4.78, 5) is 30.2. The van der Waals surface area contributed by atoms with Crippen molar-refractivity contribution in [3.05, 3.63) is 112 Å². The lowest BCUT2D eigenvalue weighted by molar-refractivity contribution is 0.0995. The van der Waals surface area contributed by atoms with Gasteiger partial charge >= 0.3 is 0 Å². The number of ether oxygens (including phenoxy) is 1. The lowest BCUT2D eigenvalue weighted by atomic mass is 10.1. The van der Waals surface area contributed by atoms with Crippen LogP contribution in [0, 0.1) is 0 Å². The highest BCUT2D eigenvalue weighted by atomic mass is 35.5. The first-order valence-electron chi connectivity index (χ1n) is 10.9. The number of hydrogen-bond donors (Lipinski definition) is 1. The summed E-state index contributed by atoms with van der Waals surface area (Å²) in [6.07, 6.45) is 6.76. The maximum Gasteiger partial charge on any atom is 0.262 e. The van der Waals surface area contributed by atoms with Crippen molar-refractivity contribution in [1.82, 2.24) is 4.90 Å². The van der Waals surface area contributed by atoms with Crippen molar-refractivity contribution in [2.75, 3.05) is 17.3 Å². The van der Waals surface area contributed by atoms with Crippen molar-refractivity contribution in [2.24, 2.45) is 0 Å². The average Bonchev–Trinajstić information content (AvgIpc) is 3.23. The molecule has 3 aromatic carbocycles. The zero-order chi connectivity index (χ0) is 24.5. The minimum absolute atomic E-state index is 0.210. The molecule has 0 fully saturated rings. The second-order valence-corrected chi connectivity index (χ2v) is 8.98. The predicted octanol–water partition coefficient (Wildman–Crippen LogP) is 6.48. The smallest absolute Gasteiger partial charge is 0.262 e. The molecule has 6 nitrogen and oxygen atoms in total. The molecule has 2 aliphatic heterocycles. The number of hydrogen-bond acceptors (Lipinski definition) is 4. The van der Waals surface area contributed by atoms with Crippen LogP contribution in [0.25, 0.3) is 0 Å². The zero-order valence-electron chi connectivity index (χ0n) is 18.8. The van der Waals surface area contributed by atoms with Crippen LogP contribution >= 0.6 is 23.2 Å². The first kappa shape index (κ1) is 23.0. The van der Waals surface area contributed by atoms with E-state index in [4.69, 9.17) is 27.9 Å². The van der Waals surface area contributed by atoms with Crippen LogP contribution in [-0.4, -0.2) is 23.8 Å². The number of halogens is 2. The Morgan fingerprint density at radius 3 is 2.66 bits per heavy atom. The quantitative estimate of drug-likeness (QED) is 0.440. The normalized spacial score (nSPS) is 14.1. The van der Waals surface area contributed by atoms with Gasteiger partial charge in [-0.15, -0.1) is 0 Å². The van der Waals surface area contributed by atoms with E-state index in [1.807, 2.05) is 36.7 Å². The molecule has 0 aromatic heterocycles. The van der Waals surface area contributed by atoms with Crippen LogP contribution in [0.3, 0.4) is 0 Å². The Morgan fingerprint density at radius 1 is 1.03 bits per heavy atom. The second-order valence-electron chi connectivity index (χ2n) is 8.13. The number of para-hydroxylation sites is 1. The molecule has 35 heavy (non-hydrogen) atoms. The van der Waals surface area contributed by atoms with Crippen molar-refractivity contribution in [3.63, 3.8) is 0 Å². The van der Waals surface area contributed by atoms with Gasteiger partial charge in [0.15, 0.2) is 0 Å². The molecule has 176 valence electrons. The molecule has 0 saturated carbocycles. The van der Waals surface area contributed by atoms with Crippen LogP contribution in [0.4, 0.5) is 11.4 Å². The number of carbonyl (C=O) groups excluding carboxylic acids is 2. The SMILES string of the molecule is COc1cc(Cl)ccc1C(=O)Nc1ccc(C(=O)N2C=C3CC=CN3Cc3ccccc32)cc1Cl. The molecule has 5 rings (SSSR count). The van der Waals surface area contributed by atoms with Crippen LogP contribution in [-0.2, 0) is 6.54 Å². The minimum Gasteiger partial charge on any atom is -0.496 e. The van der Waals surface area contributed by atoms with Crippen LogP contribution in [0.5, 0.6) is 5.75 Å². The number of anilines is 2. The summed E-state index contributed by atoms with van der Waals surface area (Å²) in [5, 5.41) is 3.48. The molecule has 1 N–H and O–H groups in total. The van der Waals surface area contributed by atoms with Gasteiger partial charge in [0, 0.05) is 41.6 Å². The standard InChI is InChI=1S/C27H21Cl2N3O3/c1-35-25-14-19(28)9-10-21(25)26(33)30-23-11-8-17(13-22(23)29)27(34)32-16-20-6-4-12-31(20)15-18-5-2-3-7-24(18)32/h2-5,7-14,16H,6,15H2,1H3,(H,30,33). The van der Waals surface area contributed by atoms with E-state index in [2.05, 4.69) is 16.3 Å². The van der Waals surface area contributed by atoms with E-state index in [0.29, 0.717) is 34.1 Å². The van der Waals surface area contributed by atoms with E-state index in [0.717, 1.165) is 23.4 Å². The summed E-state index contributed by atoms with van der Waals surface area (Å²) in [7, 11) is 1.47. The summed E-state index contributed by atoms with van der Waals surface area (Å²) in [5.74, 6) is -0.265. The third kappa shape index (κ3) is 4.50. The minimum atomic E-state index is -0.403. The fourth-order valence-electron chi connectivity index (χ4n) is 4.18. The third-order valence-electron chi connectivity index (χ3n) is 5.94. The lowest BCUT2D eigenvalue weighted by Crippen LogP contribution is -2.26. The highest BCUT2D eigenvalue weighted by Gasteiger charge is 2.26. The summed E-state index contributed by atoms with van der Waals surface area (Å²) >= 11 is 12.5. The van der Waals surface area contributed by atoms with Gasteiger partial charge in [0.2, 0.25) is 0 Å². The fraction of sp³-hybridized carbons (Fsp3) is 0.111. The Kier molecular flexibility index (Phi) is 6.24. The molecule has 0 atom stereocenters.